The van der Waals surface area contributed by atoms with Crippen LogP contribution in [0.5, 0.6) is 11.5 Å². The van der Waals surface area contributed by atoms with Crippen LogP contribution in [0.25, 0.3) is 0 Å². The van der Waals surface area contributed by atoms with Gasteiger partial charge in [-0.3, -0.25) is 4.79 Å². The van der Waals surface area contributed by atoms with Crippen molar-refractivity contribution in [2.75, 3.05) is 59.7 Å². The van der Waals surface area contributed by atoms with E-state index in [-0.39, 0.29) is 35.4 Å². The highest BCUT2D eigenvalue weighted by Crippen LogP contribution is 2.25. The molecule has 2 heterocycles. The quantitative estimate of drug-likeness (QED) is 0.425. The highest BCUT2D eigenvalue weighted by molar-refractivity contribution is 7.89. The zero-order chi connectivity index (χ0) is 27.2. The largest absolute Gasteiger partial charge is 0.497 e. The number of amides is 1. The number of carbonyl (C=O) groups excluding carboxylic acids is 1. The Labute approximate surface area is 223 Å². The van der Waals surface area contributed by atoms with Crippen molar-refractivity contribution in [1.29, 1.82) is 0 Å². The summed E-state index contributed by atoms with van der Waals surface area (Å²) in [5.74, 6) is 0.363. The van der Waals surface area contributed by atoms with Crippen LogP contribution in [0.15, 0.2) is 58.3 Å². The van der Waals surface area contributed by atoms with E-state index in [1.54, 1.807) is 24.3 Å². The van der Waals surface area contributed by atoms with Gasteiger partial charge in [0.25, 0.3) is 0 Å². The summed E-state index contributed by atoms with van der Waals surface area (Å²) in [7, 11) is -5.78. The Morgan fingerprint density at radius 2 is 1.47 bits per heavy atom. The van der Waals surface area contributed by atoms with Gasteiger partial charge in [0.2, 0.25) is 26.0 Å². The Hall–Kier alpha value is -2.71. The van der Waals surface area contributed by atoms with Crippen molar-refractivity contribution in [2.45, 2.75) is 22.6 Å². The smallest absolute Gasteiger partial charge is 0.243 e. The first kappa shape index (κ1) is 28.3. The van der Waals surface area contributed by atoms with Crippen LogP contribution in [-0.4, -0.2) is 91.0 Å². The zero-order valence-electron chi connectivity index (χ0n) is 21.2. The minimum atomic E-state index is -3.72. The van der Waals surface area contributed by atoms with Gasteiger partial charge in [-0.25, -0.2) is 16.8 Å². The van der Waals surface area contributed by atoms with E-state index < -0.39 is 26.0 Å². The van der Waals surface area contributed by atoms with Crippen LogP contribution in [0.1, 0.15) is 12.8 Å². The molecule has 2 aliphatic heterocycles. The second-order valence-corrected chi connectivity index (χ2v) is 12.9. The maximum Gasteiger partial charge on any atom is 0.243 e. The Bertz CT molecular complexity index is 1290. The standard InChI is InChI=1S/C25H33N3O8S2/c1-34-21-4-8-24(9-5-21)38(32,33)28-13-2-3-20(19-28)25(29)26-12-16-36-22-6-10-23(11-7-22)37(30,31)27-14-17-35-18-15-27/h4-11,20H,2-3,12-19H2,1H3,(H,26,29). The highest BCUT2D eigenvalue weighted by Gasteiger charge is 2.33. The summed E-state index contributed by atoms with van der Waals surface area (Å²) in [4.78, 5) is 13.1. The first-order valence-corrected chi connectivity index (χ1v) is 15.3. The molecule has 2 aromatic rings. The van der Waals surface area contributed by atoms with Crippen molar-refractivity contribution < 1.29 is 35.8 Å². The molecule has 13 heteroatoms. The third-order valence-corrected chi connectivity index (χ3v) is 10.3. The molecule has 4 rings (SSSR count). The minimum absolute atomic E-state index is 0.111. The van der Waals surface area contributed by atoms with Crippen molar-refractivity contribution in [3.8, 4) is 11.5 Å². The van der Waals surface area contributed by atoms with Crippen LogP contribution < -0.4 is 14.8 Å². The maximum atomic E-state index is 13.0. The molecule has 38 heavy (non-hydrogen) atoms. The number of sulfonamides is 2. The normalized spacial score (nSPS) is 19.6. The molecule has 1 unspecified atom stereocenters. The number of rotatable bonds is 10. The molecule has 0 saturated carbocycles. The SMILES string of the molecule is COc1ccc(S(=O)(=O)N2CCCC(C(=O)NCCOc3ccc(S(=O)(=O)N4CCOCC4)cc3)C2)cc1. The molecular formula is C25H33N3O8S2. The molecule has 0 aliphatic carbocycles. The van der Waals surface area contributed by atoms with Gasteiger partial charge in [0, 0.05) is 26.2 Å². The number of methoxy groups -OCH3 is 1. The lowest BCUT2D eigenvalue weighted by Gasteiger charge is -2.31. The monoisotopic (exact) mass is 567 g/mol. The number of nitrogens with one attached hydrogen (secondary N) is 1. The zero-order valence-corrected chi connectivity index (χ0v) is 22.9. The van der Waals surface area contributed by atoms with Gasteiger partial charge in [0.15, 0.2) is 0 Å². The average molecular weight is 568 g/mol. The summed E-state index contributed by atoms with van der Waals surface area (Å²) in [5.41, 5.74) is 0. The fourth-order valence-electron chi connectivity index (χ4n) is 4.40. The summed E-state index contributed by atoms with van der Waals surface area (Å²) in [6, 6.07) is 12.3. The predicted octanol–water partition coefficient (Wildman–Crippen LogP) is 1.31. The lowest BCUT2D eigenvalue weighted by Crippen LogP contribution is -2.45. The van der Waals surface area contributed by atoms with E-state index in [0.29, 0.717) is 57.2 Å². The lowest BCUT2D eigenvalue weighted by molar-refractivity contribution is -0.126. The number of carbonyl (C=O) groups is 1. The van der Waals surface area contributed by atoms with Gasteiger partial charge < -0.3 is 19.5 Å². The molecule has 208 valence electrons. The van der Waals surface area contributed by atoms with E-state index in [1.807, 2.05) is 0 Å². The molecule has 1 N–H and O–H groups in total. The van der Waals surface area contributed by atoms with Gasteiger partial charge in [-0.1, -0.05) is 0 Å². The average Bonchev–Trinajstić information content (AvgIpc) is 2.96. The van der Waals surface area contributed by atoms with Crippen LogP contribution in [-0.2, 0) is 29.6 Å². The highest BCUT2D eigenvalue weighted by atomic mass is 32.2. The summed E-state index contributed by atoms with van der Waals surface area (Å²) < 4.78 is 70.2. The van der Waals surface area contributed by atoms with Crippen LogP contribution in [0.3, 0.4) is 0 Å². The van der Waals surface area contributed by atoms with Crippen molar-refractivity contribution in [3.63, 3.8) is 0 Å². The van der Waals surface area contributed by atoms with E-state index in [2.05, 4.69) is 5.32 Å². The van der Waals surface area contributed by atoms with Gasteiger partial charge >= 0.3 is 0 Å². The van der Waals surface area contributed by atoms with E-state index in [1.165, 1.54) is 40.0 Å². The third kappa shape index (κ3) is 6.64. The van der Waals surface area contributed by atoms with E-state index in [9.17, 15) is 21.6 Å². The van der Waals surface area contributed by atoms with Crippen molar-refractivity contribution in [2.24, 2.45) is 5.92 Å². The summed E-state index contributed by atoms with van der Waals surface area (Å²) in [5, 5.41) is 2.81. The van der Waals surface area contributed by atoms with Crippen LogP contribution >= 0.6 is 0 Å². The van der Waals surface area contributed by atoms with Crippen LogP contribution in [0, 0.1) is 5.92 Å². The van der Waals surface area contributed by atoms with Gasteiger partial charge in [-0.15, -0.1) is 0 Å². The predicted molar refractivity (Wildman–Crippen MR) is 139 cm³/mol. The number of benzene rings is 2. The second kappa shape index (κ2) is 12.4. The molecular weight excluding hydrogens is 534 g/mol. The number of nitrogens with zero attached hydrogens (tertiary/aromatic N) is 2. The summed E-state index contributed by atoms with van der Waals surface area (Å²) >= 11 is 0. The molecule has 0 bridgehead atoms. The maximum absolute atomic E-state index is 13.0. The molecule has 11 nitrogen and oxygen atoms in total. The molecule has 0 aromatic heterocycles. The molecule has 2 aromatic carbocycles. The molecule has 0 radical (unpaired) electrons. The first-order chi connectivity index (χ1) is 18.2. The first-order valence-electron chi connectivity index (χ1n) is 12.4. The minimum Gasteiger partial charge on any atom is -0.497 e. The second-order valence-electron chi connectivity index (χ2n) is 9.01. The molecule has 2 aliphatic rings. The Morgan fingerprint density at radius 1 is 0.895 bits per heavy atom. The summed E-state index contributed by atoms with van der Waals surface area (Å²) in [6.45, 7) is 2.29. The number of ether oxygens (including phenoxy) is 3. The van der Waals surface area contributed by atoms with Crippen molar-refractivity contribution in [1.82, 2.24) is 13.9 Å². The molecule has 1 amide bonds. The van der Waals surface area contributed by atoms with Crippen LogP contribution in [0.4, 0.5) is 0 Å². The number of hydrogen-bond acceptors (Lipinski definition) is 8. The molecule has 0 spiro atoms. The fraction of sp³-hybridized carbons (Fsp3) is 0.480. The number of hydrogen-bond donors (Lipinski definition) is 1. The Kier molecular flexibility index (Phi) is 9.26. The van der Waals surface area contributed by atoms with Gasteiger partial charge in [0.1, 0.15) is 18.1 Å². The Balaban J connectivity index is 1.24. The van der Waals surface area contributed by atoms with E-state index >= 15 is 0 Å². The lowest BCUT2D eigenvalue weighted by atomic mass is 9.99. The van der Waals surface area contributed by atoms with Crippen molar-refractivity contribution in [3.05, 3.63) is 48.5 Å². The van der Waals surface area contributed by atoms with Gasteiger partial charge in [-0.2, -0.15) is 8.61 Å². The topological polar surface area (TPSA) is 132 Å². The van der Waals surface area contributed by atoms with Crippen LogP contribution in [0.2, 0.25) is 0 Å². The third-order valence-electron chi connectivity index (χ3n) is 6.55. The van der Waals surface area contributed by atoms with Gasteiger partial charge in [0.05, 0.1) is 42.6 Å². The van der Waals surface area contributed by atoms with E-state index in [4.69, 9.17) is 14.2 Å². The summed E-state index contributed by atoms with van der Waals surface area (Å²) in [6.07, 6.45) is 1.18. The molecule has 2 fully saturated rings. The number of morpholine rings is 1. The van der Waals surface area contributed by atoms with Gasteiger partial charge in [-0.05, 0) is 61.4 Å². The van der Waals surface area contributed by atoms with E-state index in [0.717, 1.165) is 0 Å². The number of piperidine rings is 1. The Morgan fingerprint density at radius 3 is 2.08 bits per heavy atom. The van der Waals surface area contributed by atoms with Crippen molar-refractivity contribution >= 4 is 26.0 Å². The molecule has 1 atom stereocenters. The molecule has 2 saturated heterocycles. The fourth-order valence-corrected chi connectivity index (χ4v) is 7.33.